The maximum atomic E-state index is 6.56. The van der Waals surface area contributed by atoms with Crippen molar-refractivity contribution < 1.29 is 4.74 Å². The van der Waals surface area contributed by atoms with Crippen LogP contribution < -0.4 is 0 Å². The number of rotatable bonds is 19. The second-order valence-corrected chi connectivity index (χ2v) is 16.8. The van der Waals surface area contributed by atoms with Crippen LogP contribution in [0.15, 0.2) is 0 Å². The fraction of sp³-hybridized carbons (Fsp3) is 1.00. The molecule has 0 aromatic rings. The Morgan fingerprint density at radius 1 is 0.395 bits per heavy atom. The number of hydrogen-bond acceptors (Lipinski definition) is 1. The standard InChI is InChI=1S/C23H34Cl14O/c1-8(2)6-5-7-38-23(37)22(36)21(35)20(34)19(33)18(32)17(31)16(30)15(29)14(28)13(27)12(26)11(25)10(24)9(3)4/h8-23H,5-7H2,1-4H3. The van der Waals surface area contributed by atoms with Crippen LogP contribution in [0.25, 0.3) is 0 Å². The Morgan fingerprint density at radius 2 is 0.658 bits per heavy atom. The van der Waals surface area contributed by atoms with Crippen LogP contribution in [0, 0.1) is 11.8 Å². The fourth-order valence-corrected chi connectivity index (χ4v) is 8.31. The second kappa shape index (κ2) is 20.9. The van der Waals surface area contributed by atoms with Crippen molar-refractivity contribution in [3.8, 4) is 0 Å². The van der Waals surface area contributed by atoms with Crippen molar-refractivity contribution in [2.24, 2.45) is 11.8 Å². The Kier molecular flexibility index (Phi) is 23.1. The van der Waals surface area contributed by atoms with Crippen LogP contribution in [0.1, 0.15) is 40.5 Å². The highest BCUT2D eigenvalue weighted by Gasteiger charge is 2.45. The summed E-state index contributed by atoms with van der Waals surface area (Å²) in [5.41, 5.74) is -0.889. The molecule has 1 nitrogen and oxygen atoms in total. The Labute approximate surface area is 298 Å². The van der Waals surface area contributed by atoms with Gasteiger partial charge in [-0.1, -0.05) is 39.3 Å². The van der Waals surface area contributed by atoms with E-state index >= 15 is 0 Å². The number of alkyl halides is 14. The van der Waals surface area contributed by atoms with Gasteiger partial charge in [0.1, 0.15) is 5.56 Å². The van der Waals surface area contributed by atoms with Crippen LogP contribution in [-0.4, -0.2) is 82.1 Å². The van der Waals surface area contributed by atoms with Crippen molar-refractivity contribution >= 4 is 162 Å². The largest absolute Gasteiger partial charge is 0.361 e. The number of halogens is 14. The molecule has 0 aliphatic rings. The van der Waals surface area contributed by atoms with Gasteiger partial charge in [0.25, 0.3) is 0 Å². The Hall–Kier alpha value is 4.02. The first-order valence-electron chi connectivity index (χ1n) is 12.0. The lowest BCUT2D eigenvalue weighted by atomic mass is 9.99. The first-order chi connectivity index (χ1) is 17.4. The van der Waals surface area contributed by atoms with Gasteiger partial charge in [0.2, 0.25) is 0 Å². The average molecular weight is 823 g/mol. The van der Waals surface area contributed by atoms with Gasteiger partial charge in [0.15, 0.2) is 0 Å². The summed E-state index contributed by atoms with van der Waals surface area (Å²) in [5.74, 6) is 0.607. The molecule has 0 saturated carbocycles. The van der Waals surface area contributed by atoms with E-state index in [9.17, 15) is 0 Å². The summed E-state index contributed by atoms with van der Waals surface area (Å²) < 4.78 is 5.59. The van der Waals surface area contributed by atoms with Gasteiger partial charge < -0.3 is 4.74 Å². The van der Waals surface area contributed by atoms with Crippen molar-refractivity contribution in [2.45, 2.75) is 116 Å². The maximum absolute atomic E-state index is 6.56. The van der Waals surface area contributed by atoms with Gasteiger partial charge in [-0.3, -0.25) is 0 Å². The van der Waals surface area contributed by atoms with Gasteiger partial charge in [0, 0.05) is 6.61 Å². The van der Waals surface area contributed by atoms with Crippen LogP contribution in [0.3, 0.4) is 0 Å². The van der Waals surface area contributed by atoms with Crippen LogP contribution in [0.4, 0.5) is 0 Å². The molecular formula is C23H34Cl14O. The fourth-order valence-electron chi connectivity index (χ4n) is 3.22. The predicted octanol–water partition coefficient (Wildman–Crippen LogP) is 11.6. The maximum Gasteiger partial charge on any atom is 0.148 e. The Balaban J connectivity index is 5.14. The number of ether oxygens (including phenoxy) is 1. The quantitative estimate of drug-likeness (QED) is 0.0932. The molecule has 0 heterocycles. The lowest BCUT2D eigenvalue weighted by molar-refractivity contribution is 0.0980. The van der Waals surface area contributed by atoms with E-state index in [2.05, 4.69) is 13.8 Å². The van der Waals surface area contributed by atoms with Gasteiger partial charge in [0.05, 0.1) is 69.9 Å². The van der Waals surface area contributed by atoms with Gasteiger partial charge >= 0.3 is 0 Å². The molecular weight excluding hydrogens is 789 g/mol. The molecule has 0 N–H and O–H groups in total. The van der Waals surface area contributed by atoms with Gasteiger partial charge in [-0.25, -0.2) is 0 Å². The molecule has 0 aromatic carbocycles. The molecule has 38 heavy (non-hydrogen) atoms. The Bertz CT molecular complexity index is 631. The first-order valence-corrected chi connectivity index (χ1v) is 18.1. The molecule has 0 spiro atoms. The molecule has 0 radical (unpaired) electrons. The Morgan fingerprint density at radius 3 is 0.921 bits per heavy atom. The van der Waals surface area contributed by atoms with Gasteiger partial charge in [-0.2, -0.15) is 0 Å². The van der Waals surface area contributed by atoms with E-state index in [1.165, 1.54) is 0 Å². The third kappa shape index (κ3) is 13.6. The minimum atomic E-state index is -0.997. The minimum Gasteiger partial charge on any atom is -0.361 e. The second-order valence-electron chi connectivity index (χ2n) is 9.78. The third-order valence-corrected chi connectivity index (χ3v) is 15.1. The summed E-state index contributed by atoms with van der Waals surface area (Å²) in [7, 11) is 0. The summed E-state index contributed by atoms with van der Waals surface area (Å²) in [4.78, 5) is 0. The smallest absolute Gasteiger partial charge is 0.148 e. The highest BCUT2D eigenvalue weighted by molar-refractivity contribution is 6.45. The van der Waals surface area contributed by atoms with Crippen molar-refractivity contribution in [1.29, 1.82) is 0 Å². The molecule has 0 aliphatic heterocycles. The average Bonchev–Trinajstić information content (AvgIpc) is 2.89. The summed E-state index contributed by atoms with van der Waals surface area (Å²) in [5, 5.41) is -11.4. The van der Waals surface area contributed by atoms with E-state index in [-0.39, 0.29) is 5.92 Å². The molecule has 0 amide bonds. The van der Waals surface area contributed by atoms with Crippen molar-refractivity contribution in [2.75, 3.05) is 6.61 Å². The molecule has 230 valence electrons. The van der Waals surface area contributed by atoms with Crippen molar-refractivity contribution in [1.82, 2.24) is 0 Å². The van der Waals surface area contributed by atoms with E-state index in [1.54, 1.807) is 0 Å². The first kappa shape index (κ1) is 42.0. The minimum absolute atomic E-state index is 0.0582. The monoisotopic (exact) mass is 816 g/mol. The summed E-state index contributed by atoms with van der Waals surface area (Å²) in [6.07, 6.45) is 1.82. The zero-order valence-corrected chi connectivity index (χ0v) is 31.6. The lowest BCUT2D eigenvalue weighted by Gasteiger charge is -2.35. The third-order valence-electron chi connectivity index (χ3n) is 5.74. The zero-order valence-electron chi connectivity index (χ0n) is 21.1. The lowest BCUT2D eigenvalue weighted by Crippen LogP contribution is -2.49. The summed E-state index contributed by atoms with van der Waals surface area (Å²) >= 11 is 90.7. The highest BCUT2D eigenvalue weighted by Crippen LogP contribution is 2.39. The zero-order chi connectivity index (χ0) is 30.1. The topological polar surface area (TPSA) is 9.23 Å². The molecule has 14 unspecified atom stereocenters. The molecule has 0 aromatic heterocycles. The highest BCUT2D eigenvalue weighted by atomic mass is 35.5. The molecule has 0 bridgehead atoms. The van der Waals surface area contributed by atoms with Gasteiger partial charge in [-0.05, 0) is 24.7 Å². The molecule has 15 heteroatoms. The van der Waals surface area contributed by atoms with Crippen molar-refractivity contribution in [3.05, 3.63) is 0 Å². The predicted molar refractivity (Wildman–Crippen MR) is 180 cm³/mol. The SMILES string of the molecule is CC(C)CCCOC(Cl)C(Cl)C(Cl)C(Cl)C(Cl)C(Cl)C(Cl)C(Cl)C(Cl)C(Cl)C(Cl)C(Cl)C(Cl)C(Cl)C(C)C. The van der Waals surface area contributed by atoms with Crippen LogP contribution in [-0.2, 0) is 4.74 Å². The molecule has 0 saturated heterocycles. The van der Waals surface area contributed by atoms with Gasteiger partial charge in [-0.15, -0.1) is 151 Å². The summed E-state index contributed by atoms with van der Waals surface area (Å²) in [6, 6.07) is 0. The molecule has 14 atom stereocenters. The number of hydrogen-bond donors (Lipinski definition) is 0. The van der Waals surface area contributed by atoms with E-state index in [0.29, 0.717) is 12.5 Å². The molecule has 0 rings (SSSR count). The molecule has 0 aliphatic carbocycles. The van der Waals surface area contributed by atoms with E-state index < -0.39 is 75.5 Å². The van der Waals surface area contributed by atoms with Crippen LogP contribution in [0.5, 0.6) is 0 Å². The normalized spacial score (nSPS) is 24.0. The molecule has 0 fully saturated rings. The van der Waals surface area contributed by atoms with Crippen molar-refractivity contribution in [3.63, 3.8) is 0 Å². The van der Waals surface area contributed by atoms with Crippen LogP contribution in [0.2, 0.25) is 0 Å². The van der Waals surface area contributed by atoms with E-state index in [0.717, 1.165) is 12.8 Å². The van der Waals surface area contributed by atoms with Crippen LogP contribution >= 0.6 is 162 Å². The van der Waals surface area contributed by atoms with E-state index in [1.807, 2.05) is 13.8 Å². The summed E-state index contributed by atoms with van der Waals surface area (Å²) in [6.45, 7) is 8.50. The van der Waals surface area contributed by atoms with E-state index in [4.69, 9.17) is 167 Å².